The minimum Gasteiger partial charge on any atom is -0.393 e. The second-order valence-electron chi connectivity index (χ2n) is 3.76. The molecule has 1 saturated heterocycles. The number of aliphatic hydroxyl groups excluding tert-OH is 1. The van der Waals surface area contributed by atoms with Crippen molar-refractivity contribution < 1.29 is 5.11 Å². The van der Waals surface area contributed by atoms with E-state index >= 15 is 0 Å². The zero-order valence-corrected chi connectivity index (χ0v) is 7.33. The van der Waals surface area contributed by atoms with Crippen molar-refractivity contribution >= 4 is 7.98 Å². The van der Waals surface area contributed by atoms with Gasteiger partial charge in [-0.1, -0.05) is 13.8 Å². The number of rotatable bonds is 1. The van der Waals surface area contributed by atoms with Crippen LogP contribution in [0.15, 0.2) is 0 Å². The molecule has 11 heavy (non-hydrogen) atoms. The Hall–Kier alpha value is -0.0151. The quantitative estimate of drug-likeness (QED) is 0.551. The van der Waals surface area contributed by atoms with Crippen molar-refractivity contribution in [1.29, 1.82) is 0 Å². The fraction of sp³-hybridized carbons (Fsp3) is 1.00. The zero-order chi connectivity index (χ0) is 8.43. The standard InChI is InChI=1S/C8H16BNO/c1-6(2)7-5-10(9)4-3-8(7)11/h6-8,11H,3-5H2,1-2H3. The van der Waals surface area contributed by atoms with Gasteiger partial charge in [0.15, 0.2) is 7.98 Å². The van der Waals surface area contributed by atoms with Crippen molar-refractivity contribution in [3.05, 3.63) is 0 Å². The van der Waals surface area contributed by atoms with E-state index in [4.69, 9.17) is 7.98 Å². The van der Waals surface area contributed by atoms with E-state index in [1.54, 1.807) is 4.81 Å². The van der Waals surface area contributed by atoms with Crippen LogP contribution < -0.4 is 0 Å². The van der Waals surface area contributed by atoms with E-state index in [0.29, 0.717) is 11.8 Å². The maximum atomic E-state index is 9.57. The van der Waals surface area contributed by atoms with Gasteiger partial charge >= 0.3 is 0 Å². The van der Waals surface area contributed by atoms with Crippen LogP contribution in [0.1, 0.15) is 20.3 Å². The first kappa shape index (κ1) is 9.08. The van der Waals surface area contributed by atoms with Crippen LogP contribution in [0, 0.1) is 11.8 Å². The number of aliphatic hydroxyl groups is 1. The van der Waals surface area contributed by atoms with E-state index in [-0.39, 0.29) is 6.10 Å². The molecule has 1 aliphatic heterocycles. The zero-order valence-electron chi connectivity index (χ0n) is 7.33. The second-order valence-corrected chi connectivity index (χ2v) is 3.76. The molecule has 3 heteroatoms. The van der Waals surface area contributed by atoms with Gasteiger partial charge in [-0.3, -0.25) is 0 Å². The highest BCUT2D eigenvalue weighted by Crippen LogP contribution is 2.22. The molecular weight excluding hydrogens is 137 g/mol. The van der Waals surface area contributed by atoms with Gasteiger partial charge in [0.1, 0.15) is 0 Å². The first-order chi connectivity index (χ1) is 5.11. The van der Waals surface area contributed by atoms with E-state index in [2.05, 4.69) is 13.8 Å². The Morgan fingerprint density at radius 1 is 1.55 bits per heavy atom. The van der Waals surface area contributed by atoms with Crippen molar-refractivity contribution in [3.63, 3.8) is 0 Å². The topological polar surface area (TPSA) is 23.5 Å². The average molecular weight is 153 g/mol. The maximum absolute atomic E-state index is 9.57. The van der Waals surface area contributed by atoms with Gasteiger partial charge in [-0.25, -0.2) is 0 Å². The summed E-state index contributed by atoms with van der Waals surface area (Å²) < 4.78 is 0. The van der Waals surface area contributed by atoms with Crippen LogP contribution in [0.2, 0.25) is 0 Å². The SMILES string of the molecule is [B]N1CCC(O)C(C(C)C)C1. The van der Waals surface area contributed by atoms with Crippen molar-refractivity contribution in [3.8, 4) is 0 Å². The fourth-order valence-corrected chi connectivity index (χ4v) is 1.65. The van der Waals surface area contributed by atoms with Gasteiger partial charge in [-0.2, -0.15) is 0 Å². The fourth-order valence-electron chi connectivity index (χ4n) is 1.65. The maximum Gasteiger partial charge on any atom is 0.182 e. The Morgan fingerprint density at radius 2 is 2.18 bits per heavy atom. The molecule has 0 amide bonds. The molecule has 0 aromatic rings. The van der Waals surface area contributed by atoms with Crippen LogP contribution in [-0.4, -0.2) is 37.1 Å². The smallest absolute Gasteiger partial charge is 0.182 e. The van der Waals surface area contributed by atoms with Crippen LogP contribution in [0.25, 0.3) is 0 Å². The molecule has 2 unspecified atom stereocenters. The summed E-state index contributed by atoms with van der Waals surface area (Å²) in [6.45, 7) is 5.92. The molecule has 0 saturated carbocycles. The summed E-state index contributed by atoms with van der Waals surface area (Å²) in [6, 6.07) is 0. The third-order valence-electron chi connectivity index (χ3n) is 2.51. The lowest BCUT2D eigenvalue weighted by atomic mass is 9.84. The van der Waals surface area contributed by atoms with Crippen molar-refractivity contribution in [2.75, 3.05) is 13.1 Å². The third-order valence-corrected chi connectivity index (χ3v) is 2.51. The van der Waals surface area contributed by atoms with Gasteiger partial charge in [0, 0.05) is 0 Å². The average Bonchev–Trinajstić information content (AvgIpc) is 1.94. The lowest BCUT2D eigenvalue weighted by molar-refractivity contribution is 0.0313. The molecule has 2 radical (unpaired) electrons. The highest BCUT2D eigenvalue weighted by atomic mass is 16.3. The highest BCUT2D eigenvalue weighted by Gasteiger charge is 2.27. The van der Waals surface area contributed by atoms with Crippen LogP contribution >= 0.6 is 0 Å². The molecule has 1 rings (SSSR count). The van der Waals surface area contributed by atoms with E-state index in [9.17, 15) is 5.11 Å². The highest BCUT2D eigenvalue weighted by molar-refractivity contribution is 6.04. The molecule has 0 spiro atoms. The van der Waals surface area contributed by atoms with Gasteiger partial charge in [0.25, 0.3) is 0 Å². The van der Waals surface area contributed by atoms with E-state index in [1.165, 1.54) is 0 Å². The molecule has 2 nitrogen and oxygen atoms in total. The van der Waals surface area contributed by atoms with Gasteiger partial charge < -0.3 is 9.92 Å². The molecule has 0 aliphatic carbocycles. The number of nitrogens with zero attached hydrogens (tertiary/aromatic N) is 1. The summed E-state index contributed by atoms with van der Waals surface area (Å²) in [7, 11) is 5.65. The lowest BCUT2D eigenvalue weighted by Gasteiger charge is -2.36. The number of hydrogen-bond acceptors (Lipinski definition) is 2. The van der Waals surface area contributed by atoms with Gasteiger partial charge in [-0.05, 0) is 31.3 Å². The van der Waals surface area contributed by atoms with Crippen molar-refractivity contribution in [2.24, 2.45) is 11.8 Å². The minimum absolute atomic E-state index is 0.144. The Balaban J connectivity index is 2.47. The van der Waals surface area contributed by atoms with Gasteiger partial charge in [-0.15, -0.1) is 0 Å². The summed E-state index contributed by atoms with van der Waals surface area (Å²) in [6.07, 6.45) is 0.675. The minimum atomic E-state index is -0.144. The molecular formula is C8H16BNO. The molecule has 1 heterocycles. The Labute approximate surface area is 70.0 Å². The van der Waals surface area contributed by atoms with Crippen molar-refractivity contribution in [2.45, 2.75) is 26.4 Å². The van der Waals surface area contributed by atoms with Crippen LogP contribution in [0.4, 0.5) is 0 Å². The predicted octanol–water partition coefficient (Wildman–Crippen LogP) is 0.409. The Bertz CT molecular complexity index is 129. The van der Waals surface area contributed by atoms with E-state index in [1.807, 2.05) is 0 Å². The summed E-state index contributed by atoms with van der Waals surface area (Å²) in [5.41, 5.74) is 0. The predicted molar refractivity (Wildman–Crippen MR) is 46.3 cm³/mol. The summed E-state index contributed by atoms with van der Waals surface area (Å²) >= 11 is 0. The molecule has 0 aromatic carbocycles. The molecule has 2 atom stereocenters. The Kier molecular flexibility index (Phi) is 2.96. The van der Waals surface area contributed by atoms with Gasteiger partial charge in [0.2, 0.25) is 0 Å². The van der Waals surface area contributed by atoms with Crippen molar-refractivity contribution in [1.82, 2.24) is 4.81 Å². The first-order valence-electron chi connectivity index (χ1n) is 4.29. The molecule has 0 bridgehead atoms. The molecule has 1 aliphatic rings. The van der Waals surface area contributed by atoms with Crippen LogP contribution in [-0.2, 0) is 0 Å². The second kappa shape index (κ2) is 3.59. The normalized spacial score (nSPS) is 34.5. The monoisotopic (exact) mass is 153 g/mol. The first-order valence-corrected chi connectivity index (χ1v) is 4.29. The van der Waals surface area contributed by atoms with E-state index in [0.717, 1.165) is 19.5 Å². The molecule has 62 valence electrons. The molecule has 1 N–H and O–H groups in total. The molecule has 1 fully saturated rings. The van der Waals surface area contributed by atoms with E-state index < -0.39 is 0 Å². The van der Waals surface area contributed by atoms with Crippen LogP contribution in [0.3, 0.4) is 0 Å². The molecule has 0 aromatic heterocycles. The number of piperidine rings is 1. The largest absolute Gasteiger partial charge is 0.393 e. The van der Waals surface area contributed by atoms with Gasteiger partial charge in [0.05, 0.1) is 6.10 Å². The summed E-state index contributed by atoms with van der Waals surface area (Å²) in [5, 5.41) is 9.57. The number of hydrogen-bond donors (Lipinski definition) is 1. The lowest BCUT2D eigenvalue weighted by Crippen LogP contribution is -2.43. The summed E-state index contributed by atoms with van der Waals surface area (Å²) in [5.74, 6) is 0.880. The van der Waals surface area contributed by atoms with Crippen LogP contribution in [0.5, 0.6) is 0 Å². The summed E-state index contributed by atoms with van der Waals surface area (Å²) in [4.78, 5) is 1.80. The third kappa shape index (κ3) is 2.21. The Morgan fingerprint density at radius 3 is 2.64 bits per heavy atom.